The number of halogens is 2. The fourth-order valence-electron chi connectivity index (χ4n) is 3.62. The molecule has 2 amide bonds. The van der Waals surface area contributed by atoms with Crippen molar-refractivity contribution in [2.75, 3.05) is 12.8 Å². The van der Waals surface area contributed by atoms with Crippen molar-refractivity contribution in [3.8, 4) is 0 Å². The average molecular weight is 516 g/mol. The highest BCUT2D eigenvalue weighted by Crippen LogP contribution is 2.24. The van der Waals surface area contributed by atoms with Crippen LogP contribution in [0.1, 0.15) is 24.0 Å². The van der Waals surface area contributed by atoms with Gasteiger partial charge >= 0.3 is 0 Å². The second kappa shape index (κ2) is 13.4. The summed E-state index contributed by atoms with van der Waals surface area (Å²) in [6, 6.07) is 24.2. The number of nitrogens with one attached hydrogen (secondary N) is 1. The van der Waals surface area contributed by atoms with E-state index < -0.39 is 6.04 Å². The van der Waals surface area contributed by atoms with Gasteiger partial charge in [0.05, 0.1) is 0 Å². The molecule has 1 atom stereocenters. The second-order valence-corrected chi connectivity index (χ2v) is 9.85. The Kier molecular flexibility index (Phi) is 10.3. The molecule has 178 valence electrons. The number of nitrogens with zero attached hydrogens (tertiary/aromatic N) is 1. The van der Waals surface area contributed by atoms with Gasteiger partial charge in [0.1, 0.15) is 6.04 Å². The first-order valence-corrected chi connectivity index (χ1v) is 12.9. The van der Waals surface area contributed by atoms with E-state index in [4.69, 9.17) is 23.2 Å². The lowest BCUT2D eigenvalue weighted by molar-refractivity contribution is -0.141. The summed E-state index contributed by atoms with van der Waals surface area (Å²) in [5.74, 6) is 0.525. The molecule has 4 nitrogen and oxygen atoms in total. The molecule has 0 radical (unpaired) electrons. The van der Waals surface area contributed by atoms with Crippen LogP contribution >= 0.6 is 35.0 Å². The van der Waals surface area contributed by atoms with Crippen molar-refractivity contribution in [3.05, 3.63) is 100 Å². The maximum Gasteiger partial charge on any atom is 0.242 e. The Labute approximate surface area is 215 Å². The summed E-state index contributed by atoms with van der Waals surface area (Å²) in [7, 11) is 1.60. The van der Waals surface area contributed by atoms with Crippen LogP contribution in [-0.4, -0.2) is 35.6 Å². The van der Waals surface area contributed by atoms with Gasteiger partial charge in [0.25, 0.3) is 0 Å². The van der Waals surface area contributed by atoms with Crippen LogP contribution in [0.3, 0.4) is 0 Å². The largest absolute Gasteiger partial charge is 0.357 e. The third-order valence-electron chi connectivity index (χ3n) is 5.43. The minimum absolute atomic E-state index is 0.0684. The van der Waals surface area contributed by atoms with Crippen molar-refractivity contribution in [1.82, 2.24) is 10.2 Å². The molecule has 0 bridgehead atoms. The Hall–Kier alpha value is -2.47. The number of carbonyl (C=O) groups excluding carboxylic acids is 2. The summed E-state index contributed by atoms with van der Waals surface area (Å²) in [5, 5.41) is 4.01. The van der Waals surface area contributed by atoms with E-state index >= 15 is 0 Å². The Morgan fingerprint density at radius 3 is 2.29 bits per heavy atom. The number of carbonyl (C=O) groups is 2. The monoisotopic (exact) mass is 514 g/mol. The van der Waals surface area contributed by atoms with Gasteiger partial charge in [-0.3, -0.25) is 9.59 Å². The highest BCUT2D eigenvalue weighted by Gasteiger charge is 2.29. The Morgan fingerprint density at radius 1 is 0.941 bits per heavy atom. The maximum atomic E-state index is 13.4. The Bertz CT molecular complexity index is 1080. The zero-order valence-electron chi connectivity index (χ0n) is 19.0. The number of hydrogen-bond acceptors (Lipinski definition) is 3. The molecular weight excluding hydrogens is 487 g/mol. The van der Waals surface area contributed by atoms with Crippen molar-refractivity contribution in [2.24, 2.45) is 0 Å². The van der Waals surface area contributed by atoms with Crippen molar-refractivity contribution in [2.45, 2.75) is 36.7 Å². The predicted molar refractivity (Wildman–Crippen MR) is 141 cm³/mol. The smallest absolute Gasteiger partial charge is 0.242 e. The lowest BCUT2D eigenvalue weighted by atomic mass is 10.0. The summed E-state index contributed by atoms with van der Waals surface area (Å²) in [6.45, 7) is 0.272. The van der Waals surface area contributed by atoms with Crippen LogP contribution in [0.5, 0.6) is 0 Å². The van der Waals surface area contributed by atoms with Gasteiger partial charge in [-0.2, -0.15) is 0 Å². The van der Waals surface area contributed by atoms with Crippen molar-refractivity contribution in [1.29, 1.82) is 0 Å². The molecule has 0 unspecified atom stereocenters. The van der Waals surface area contributed by atoms with Crippen LogP contribution < -0.4 is 5.32 Å². The van der Waals surface area contributed by atoms with Crippen LogP contribution in [-0.2, 0) is 22.6 Å². The third kappa shape index (κ3) is 7.79. The van der Waals surface area contributed by atoms with Gasteiger partial charge < -0.3 is 10.2 Å². The van der Waals surface area contributed by atoms with Crippen LogP contribution in [0, 0.1) is 0 Å². The van der Waals surface area contributed by atoms with Gasteiger partial charge in [-0.25, -0.2) is 0 Å². The maximum absolute atomic E-state index is 13.4. The first-order valence-electron chi connectivity index (χ1n) is 11.1. The summed E-state index contributed by atoms with van der Waals surface area (Å²) in [6.07, 6.45) is 1.46. The van der Waals surface area contributed by atoms with Crippen molar-refractivity contribution < 1.29 is 9.59 Å². The summed E-state index contributed by atoms with van der Waals surface area (Å²) >= 11 is 14.0. The number of amides is 2. The third-order valence-corrected chi connectivity index (χ3v) is 7.15. The molecule has 3 aromatic carbocycles. The van der Waals surface area contributed by atoms with Gasteiger partial charge in [-0.05, 0) is 53.6 Å². The molecule has 7 heteroatoms. The molecule has 3 rings (SSSR count). The van der Waals surface area contributed by atoms with Gasteiger partial charge in [-0.15, -0.1) is 11.8 Å². The van der Waals surface area contributed by atoms with Gasteiger partial charge in [0.2, 0.25) is 11.8 Å². The van der Waals surface area contributed by atoms with Crippen LogP contribution in [0.2, 0.25) is 10.0 Å². The fourth-order valence-corrected chi connectivity index (χ4v) is 4.79. The van der Waals surface area contributed by atoms with E-state index in [1.807, 2.05) is 72.8 Å². The Morgan fingerprint density at radius 2 is 1.62 bits per heavy atom. The number of hydrogen-bond donors (Lipinski definition) is 1. The van der Waals surface area contributed by atoms with E-state index in [-0.39, 0.29) is 18.4 Å². The average Bonchev–Trinajstić information content (AvgIpc) is 2.86. The Balaban J connectivity index is 1.75. The molecule has 0 spiro atoms. The molecule has 0 saturated carbocycles. The van der Waals surface area contributed by atoms with Gasteiger partial charge in [-0.1, -0.05) is 71.7 Å². The molecule has 3 aromatic rings. The molecule has 0 aliphatic rings. The minimum atomic E-state index is -0.639. The SMILES string of the molecule is CNC(=O)[C@@H](Cc1ccccc1)N(Cc1ccccc1Cl)C(=O)CCCSc1ccc(Cl)cc1. The van der Waals surface area contributed by atoms with E-state index in [1.165, 1.54) is 0 Å². The quantitative estimate of drug-likeness (QED) is 0.243. The summed E-state index contributed by atoms with van der Waals surface area (Å²) in [5.41, 5.74) is 1.81. The fraction of sp³-hybridized carbons (Fsp3) is 0.259. The van der Waals surface area contributed by atoms with E-state index in [0.29, 0.717) is 29.3 Å². The highest BCUT2D eigenvalue weighted by molar-refractivity contribution is 7.99. The lowest BCUT2D eigenvalue weighted by Crippen LogP contribution is -2.49. The normalized spacial score (nSPS) is 11.6. The standard InChI is InChI=1S/C27H28Cl2N2O2S/c1-30-27(33)25(18-20-8-3-2-4-9-20)31(19-21-10-5-6-11-24(21)29)26(32)12-7-17-34-23-15-13-22(28)14-16-23/h2-6,8-11,13-16,25H,7,12,17-19H2,1H3,(H,30,33)/t25-/m1/s1. The first-order chi connectivity index (χ1) is 16.5. The second-order valence-electron chi connectivity index (χ2n) is 7.84. The van der Waals surface area contributed by atoms with Crippen LogP contribution in [0.4, 0.5) is 0 Å². The summed E-state index contributed by atoms with van der Waals surface area (Å²) < 4.78 is 0. The van der Waals surface area contributed by atoms with E-state index in [1.54, 1.807) is 29.8 Å². The number of benzene rings is 3. The zero-order valence-corrected chi connectivity index (χ0v) is 21.4. The van der Waals surface area contributed by atoms with E-state index in [9.17, 15) is 9.59 Å². The van der Waals surface area contributed by atoms with E-state index in [2.05, 4.69) is 5.32 Å². The minimum Gasteiger partial charge on any atom is -0.357 e. The number of likely N-dealkylation sites (N-methyl/N-ethyl adjacent to an activating group) is 1. The van der Waals surface area contributed by atoms with Gasteiger partial charge in [0, 0.05) is 41.4 Å². The van der Waals surface area contributed by atoms with E-state index in [0.717, 1.165) is 21.8 Å². The predicted octanol–water partition coefficient (Wildman–Crippen LogP) is 6.25. The molecule has 0 aliphatic carbocycles. The molecule has 0 aromatic heterocycles. The lowest BCUT2D eigenvalue weighted by Gasteiger charge is -2.31. The highest BCUT2D eigenvalue weighted by atomic mass is 35.5. The number of thioether (sulfide) groups is 1. The zero-order chi connectivity index (χ0) is 24.3. The molecule has 0 aliphatic heterocycles. The van der Waals surface area contributed by atoms with Crippen LogP contribution in [0.25, 0.3) is 0 Å². The van der Waals surface area contributed by atoms with Crippen molar-refractivity contribution in [3.63, 3.8) is 0 Å². The molecule has 1 N–H and O–H groups in total. The van der Waals surface area contributed by atoms with Gasteiger partial charge in [0.15, 0.2) is 0 Å². The molecule has 0 saturated heterocycles. The molecule has 0 heterocycles. The molecular formula is C27H28Cl2N2O2S. The van der Waals surface area contributed by atoms with Crippen molar-refractivity contribution >= 4 is 46.8 Å². The summed E-state index contributed by atoms with van der Waals surface area (Å²) in [4.78, 5) is 29.1. The number of rotatable bonds is 11. The first kappa shape index (κ1) is 26.1. The molecule has 0 fully saturated rings. The molecule has 34 heavy (non-hydrogen) atoms. The van der Waals surface area contributed by atoms with Crippen LogP contribution in [0.15, 0.2) is 83.8 Å². The topological polar surface area (TPSA) is 49.4 Å².